The summed E-state index contributed by atoms with van der Waals surface area (Å²) in [5, 5.41) is 6.66. The van der Waals surface area contributed by atoms with Gasteiger partial charge in [0.1, 0.15) is 0 Å². The van der Waals surface area contributed by atoms with Gasteiger partial charge in [-0.15, -0.1) is 0 Å². The van der Waals surface area contributed by atoms with Gasteiger partial charge in [-0.25, -0.2) is 4.79 Å². The molecule has 2 aromatic carbocycles. The zero-order valence-corrected chi connectivity index (χ0v) is 12.1. The van der Waals surface area contributed by atoms with Crippen LogP contribution in [0.15, 0.2) is 66.9 Å². The minimum Gasteiger partial charge on any atom is -0.338 e. The number of hydrogen-bond donors (Lipinski definition) is 2. The standard InChI is InChI=1S/C18H17N3O/c22-18(19-11-10-14-6-2-1-3-7-14)21-16-12-15-8-4-5-9-17(15)20-13-16/h1-9,12-13H,10-11H2,(H2,19,21,22). The van der Waals surface area contributed by atoms with Gasteiger partial charge in [0, 0.05) is 11.9 Å². The van der Waals surface area contributed by atoms with Crippen molar-refractivity contribution in [1.29, 1.82) is 0 Å². The van der Waals surface area contributed by atoms with Crippen molar-refractivity contribution in [2.45, 2.75) is 6.42 Å². The number of pyridine rings is 1. The van der Waals surface area contributed by atoms with Gasteiger partial charge >= 0.3 is 6.03 Å². The molecule has 0 aliphatic heterocycles. The van der Waals surface area contributed by atoms with Gasteiger partial charge < -0.3 is 10.6 Å². The monoisotopic (exact) mass is 291 g/mol. The molecule has 2 amide bonds. The van der Waals surface area contributed by atoms with Crippen LogP contribution in [0, 0.1) is 0 Å². The third-order valence-electron chi connectivity index (χ3n) is 3.39. The molecule has 0 radical (unpaired) electrons. The van der Waals surface area contributed by atoms with Crippen molar-refractivity contribution in [2.75, 3.05) is 11.9 Å². The van der Waals surface area contributed by atoms with Gasteiger partial charge in [-0.05, 0) is 24.1 Å². The number of amides is 2. The zero-order valence-electron chi connectivity index (χ0n) is 12.1. The Balaban J connectivity index is 1.54. The molecule has 0 saturated heterocycles. The number of nitrogens with zero attached hydrogens (tertiary/aromatic N) is 1. The number of anilines is 1. The highest BCUT2D eigenvalue weighted by Crippen LogP contribution is 2.15. The minimum absolute atomic E-state index is 0.215. The van der Waals surface area contributed by atoms with Gasteiger partial charge in [0.05, 0.1) is 17.4 Å². The summed E-state index contributed by atoms with van der Waals surface area (Å²) in [6.07, 6.45) is 2.48. The number of carbonyl (C=O) groups excluding carboxylic acids is 1. The predicted molar refractivity (Wildman–Crippen MR) is 88.9 cm³/mol. The number of aromatic nitrogens is 1. The molecule has 0 aliphatic rings. The number of para-hydroxylation sites is 1. The lowest BCUT2D eigenvalue weighted by Gasteiger charge is -2.08. The summed E-state index contributed by atoms with van der Waals surface area (Å²) in [4.78, 5) is 16.2. The lowest BCUT2D eigenvalue weighted by molar-refractivity contribution is 0.252. The molecule has 1 aromatic heterocycles. The van der Waals surface area contributed by atoms with E-state index in [2.05, 4.69) is 15.6 Å². The van der Waals surface area contributed by atoms with Crippen LogP contribution < -0.4 is 10.6 Å². The third kappa shape index (κ3) is 3.61. The lowest BCUT2D eigenvalue weighted by atomic mass is 10.1. The van der Waals surface area contributed by atoms with Crippen LogP contribution >= 0.6 is 0 Å². The number of hydrogen-bond acceptors (Lipinski definition) is 2. The number of urea groups is 1. The molecule has 1 heterocycles. The summed E-state index contributed by atoms with van der Waals surface area (Å²) in [6, 6.07) is 19.6. The van der Waals surface area contributed by atoms with Crippen molar-refractivity contribution in [3.05, 3.63) is 72.4 Å². The number of benzene rings is 2. The summed E-state index contributed by atoms with van der Waals surface area (Å²) in [5.74, 6) is 0. The quantitative estimate of drug-likeness (QED) is 0.771. The first-order valence-electron chi connectivity index (χ1n) is 7.25. The van der Waals surface area contributed by atoms with Gasteiger partial charge in [0.15, 0.2) is 0 Å². The Morgan fingerprint density at radius 3 is 2.64 bits per heavy atom. The molecule has 22 heavy (non-hydrogen) atoms. The summed E-state index contributed by atoms with van der Waals surface area (Å²) >= 11 is 0. The van der Waals surface area contributed by atoms with E-state index in [1.165, 1.54) is 5.56 Å². The van der Waals surface area contributed by atoms with Crippen LogP contribution in [0.1, 0.15) is 5.56 Å². The van der Waals surface area contributed by atoms with Crippen molar-refractivity contribution in [2.24, 2.45) is 0 Å². The van der Waals surface area contributed by atoms with E-state index < -0.39 is 0 Å². The van der Waals surface area contributed by atoms with Gasteiger partial charge in [-0.2, -0.15) is 0 Å². The van der Waals surface area contributed by atoms with Crippen molar-refractivity contribution >= 4 is 22.6 Å². The maximum absolute atomic E-state index is 11.9. The molecule has 110 valence electrons. The van der Waals surface area contributed by atoms with Gasteiger partial charge in [0.2, 0.25) is 0 Å². The number of nitrogens with one attached hydrogen (secondary N) is 2. The average molecular weight is 291 g/mol. The Hall–Kier alpha value is -2.88. The van der Waals surface area contributed by atoms with Crippen LogP contribution in [0.4, 0.5) is 10.5 Å². The Labute approximate surface area is 129 Å². The molecule has 0 fully saturated rings. The highest BCUT2D eigenvalue weighted by Gasteiger charge is 2.03. The van der Waals surface area contributed by atoms with Gasteiger partial charge in [-0.3, -0.25) is 4.98 Å². The van der Waals surface area contributed by atoms with Crippen LogP contribution in [-0.4, -0.2) is 17.6 Å². The van der Waals surface area contributed by atoms with E-state index in [-0.39, 0.29) is 6.03 Å². The summed E-state index contributed by atoms with van der Waals surface area (Å²) in [6.45, 7) is 0.594. The second kappa shape index (κ2) is 6.72. The SMILES string of the molecule is O=C(NCCc1ccccc1)Nc1cnc2ccccc2c1. The molecule has 0 bridgehead atoms. The first kappa shape index (κ1) is 14.1. The molecule has 0 spiro atoms. The number of fused-ring (bicyclic) bond motifs is 1. The van der Waals surface area contributed by atoms with Gasteiger partial charge in [0.25, 0.3) is 0 Å². The predicted octanol–water partition coefficient (Wildman–Crippen LogP) is 3.60. The molecule has 0 unspecified atom stereocenters. The van der Waals surface area contributed by atoms with Crippen molar-refractivity contribution in [3.63, 3.8) is 0 Å². The third-order valence-corrected chi connectivity index (χ3v) is 3.39. The van der Waals surface area contributed by atoms with Gasteiger partial charge in [-0.1, -0.05) is 48.5 Å². The van der Waals surface area contributed by atoms with Crippen molar-refractivity contribution in [3.8, 4) is 0 Å². The average Bonchev–Trinajstić information content (AvgIpc) is 2.56. The summed E-state index contributed by atoms with van der Waals surface area (Å²) in [7, 11) is 0. The fraction of sp³-hybridized carbons (Fsp3) is 0.111. The Morgan fingerprint density at radius 2 is 1.77 bits per heavy atom. The maximum atomic E-state index is 11.9. The minimum atomic E-state index is -0.215. The van der Waals surface area contributed by atoms with Crippen LogP contribution in [0.2, 0.25) is 0 Å². The molecule has 0 atom stereocenters. The van der Waals surface area contributed by atoms with Crippen LogP contribution in [0.3, 0.4) is 0 Å². The Morgan fingerprint density at radius 1 is 1.00 bits per heavy atom. The summed E-state index contributed by atoms with van der Waals surface area (Å²) < 4.78 is 0. The van der Waals surface area contributed by atoms with E-state index in [0.717, 1.165) is 17.3 Å². The highest BCUT2D eigenvalue weighted by molar-refractivity contribution is 5.91. The fourth-order valence-electron chi connectivity index (χ4n) is 2.28. The summed E-state index contributed by atoms with van der Waals surface area (Å²) in [5.41, 5.74) is 2.81. The van der Waals surface area contributed by atoms with Crippen LogP contribution in [-0.2, 0) is 6.42 Å². The Bertz CT molecular complexity index is 771. The first-order chi connectivity index (χ1) is 10.8. The molecule has 3 aromatic rings. The maximum Gasteiger partial charge on any atom is 0.319 e. The first-order valence-corrected chi connectivity index (χ1v) is 7.25. The van der Waals surface area contributed by atoms with E-state index in [9.17, 15) is 4.79 Å². The molecule has 3 rings (SSSR count). The molecule has 0 aliphatic carbocycles. The zero-order chi connectivity index (χ0) is 15.2. The molecule has 4 heteroatoms. The van der Waals surface area contributed by atoms with Crippen molar-refractivity contribution in [1.82, 2.24) is 10.3 Å². The fourth-order valence-corrected chi connectivity index (χ4v) is 2.28. The topological polar surface area (TPSA) is 54.0 Å². The molecule has 4 nitrogen and oxygen atoms in total. The number of rotatable bonds is 4. The van der Waals surface area contributed by atoms with E-state index in [4.69, 9.17) is 0 Å². The van der Waals surface area contributed by atoms with E-state index in [1.54, 1.807) is 6.20 Å². The smallest absolute Gasteiger partial charge is 0.319 e. The van der Waals surface area contributed by atoms with Crippen molar-refractivity contribution < 1.29 is 4.79 Å². The van der Waals surface area contributed by atoms with E-state index in [0.29, 0.717) is 12.2 Å². The second-order valence-electron chi connectivity index (χ2n) is 5.03. The van der Waals surface area contributed by atoms with Crippen LogP contribution in [0.25, 0.3) is 10.9 Å². The molecular weight excluding hydrogens is 274 g/mol. The largest absolute Gasteiger partial charge is 0.338 e. The highest BCUT2D eigenvalue weighted by atomic mass is 16.2. The molecule has 0 saturated carbocycles. The molecular formula is C18H17N3O. The van der Waals surface area contributed by atoms with E-state index in [1.807, 2.05) is 60.7 Å². The van der Waals surface area contributed by atoms with Crippen LogP contribution in [0.5, 0.6) is 0 Å². The Kier molecular flexibility index (Phi) is 4.30. The van der Waals surface area contributed by atoms with E-state index >= 15 is 0 Å². The lowest BCUT2D eigenvalue weighted by Crippen LogP contribution is -2.30. The number of carbonyl (C=O) groups is 1. The normalized spacial score (nSPS) is 10.4. The molecule has 2 N–H and O–H groups in total. The second-order valence-corrected chi connectivity index (χ2v) is 5.03.